The van der Waals surface area contributed by atoms with Crippen LogP contribution in [0.5, 0.6) is 0 Å². The number of hydrogen-bond acceptors (Lipinski definition) is 5. The Balaban J connectivity index is 1.56. The molecule has 3 aromatic carbocycles. The van der Waals surface area contributed by atoms with Crippen LogP contribution >= 0.6 is 0 Å². The fourth-order valence-electron chi connectivity index (χ4n) is 5.03. The summed E-state index contributed by atoms with van der Waals surface area (Å²) in [5, 5.41) is 22.8. The lowest BCUT2D eigenvalue weighted by Crippen LogP contribution is -2.55. The van der Waals surface area contributed by atoms with Gasteiger partial charge >= 0.3 is 5.97 Å². The molecule has 1 unspecified atom stereocenters. The van der Waals surface area contributed by atoms with Gasteiger partial charge in [0.05, 0.1) is 12.6 Å². The Morgan fingerprint density at radius 3 is 2.08 bits per heavy atom. The Hall–Kier alpha value is -4.50. The highest BCUT2D eigenvalue weighted by atomic mass is 16.4. The first kappa shape index (κ1) is 27.5. The highest BCUT2D eigenvalue weighted by Crippen LogP contribution is 2.31. The number of carbonyl (C=O) groups excluding carboxylic acids is 2. The Labute approximate surface area is 227 Å². The van der Waals surface area contributed by atoms with Crippen LogP contribution in [0.2, 0.25) is 0 Å². The number of hydrogen-bond donors (Lipinski definition) is 5. The van der Waals surface area contributed by atoms with Crippen molar-refractivity contribution in [2.24, 2.45) is 5.73 Å². The summed E-state index contributed by atoms with van der Waals surface area (Å²) >= 11 is 0. The highest BCUT2D eigenvalue weighted by molar-refractivity contribution is 5.95. The molecule has 9 heteroatoms. The van der Waals surface area contributed by atoms with Gasteiger partial charge in [0.2, 0.25) is 11.8 Å². The van der Waals surface area contributed by atoms with Crippen LogP contribution in [0, 0.1) is 5.41 Å². The van der Waals surface area contributed by atoms with Gasteiger partial charge in [-0.25, -0.2) is 0 Å². The molecule has 0 aromatic heterocycles. The maximum Gasteiger partial charge on any atom is 0.317 e. The molecule has 1 heterocycles. The molecule has 1 saturated heterocycles. The zero-order valence-electron chi connectivity index (χ0n) is 21.5. The number of rotatable bonds is 11. The molecule has 2 amide bonds. The lowest BCUT2D eigenvalue weighted by molar-refractivity contribution is -0.141. The van der Waals surface area contributed by atoms with E-state index in [4.69, 9.17) is 11.1 Å². The zero-order valence-corrected chi connectivity index (χ0v) is 21.5. The Morgan fingerprint density at radius 1 is 0.949 bits per heavy atom. The van der Waals surface area contributed by atoms with E-state index in [1.54, 1.807) is 29.2 Å². The van der Waals surface area contributed by atoms with Crippen LogP contribution in [0.1, 0.15) is 41.0 Å². The highest BCUT2D eigenvalue weighted by Gasteiger charge is 2.40. The van der Waals surface area contributed by atoms with E-state index in [1.165, 1.54) is 0 Å². The van der Waals surface area contributed by atoms with Gasteiger partial charge in [0.15, 0.2) is 0 Å². The summed E-state index contributed by atoms with van der Waals surface area (Å²) in [5.41, 5.74) is 8.69. The molecule has 9 nitrogen and oxygen atoms in total. The summed E-state index contributed by atoms with van der Waals surface area (Å²) in [7, 11) is 0. The number of nitrogens with two attached hydrogens (primary N) is 1. The minimum absolute atomic E-state index is 0.0268. The third kappa shape index (κ3) is 6.88. The molecular formula is C30H33N5O4. The predicted octanol–water partition coefficient (Wildman–Crippen LogP) is 2.45. The number of nitrogens with one attached hydrogen (secondary N) is 3. The number of carbonyl (C=O) groups is 3. The van der Waals surface area contributed by atoms with Crippen molar-refractivity contribution >= 4 is 23.6 Å². The SMILES string of the molecule is N=C(N)c1ccc(CNC(=O)[C@@H]2CCCN2C(=O)C(NCC(=O)O)C(c2ccccc2)c2ccccc2)cc1. The van der Waals surface area contributed by atoms with Gasteiger partial charge in [-0.2, -0.15) is 0 Å². The average Bonchev–Trinajstić information content (AvgIpc) is 3.45. The smallest absolute Gasteiger partial charge is 0.317 e. The van der Waals surface area contributed by atoms with Gasteiger partial charge < -0.3 is 21.1 Å². The van der Waals surface area contributed by atoms with E-state index in [-0.39, 0.29) is 24.2 Å². The molecule has 1 fully saturated rings. The lowest BCUT2D eigenvalue weighted by Gasteiger charge is -2.33. The first-order chi connectivity index (χ1) is 18.8. The summed E-state index contributed by atoms with van der Waals surface area (Å²) < 4.78 is 0. The number of nitrogen functional groups attached to an aromatic ring is 1. The molecule has 0 bridgehead atoms. The molecule has 202 valence electrons. The molecule has 0 saturated carbocycles. The van der Waals surface area contributed by atoms with Crippen LogP contribution in [-0.2, 0) is 20.9 Å². The van der Waals surface area contributed by atoms with E-state index in [2.05, 4.69) is 10.6 Å². The zero-order chi connectivity index (χ0) is 27.8. The molecule has 6 N–H and O–H groups in total. The minimum Gasteiger partial charge on any atom is -0.480 e. The molecular weight excluding hydrogens is 494 g/mol. The number of carboxylic acids is 1. The van der Waals surface area contributed by atoms with Gasteiger partial charge in [-0.3, -0.25) is 25.1 Å². The number of nitrogens with zero attached hydrogens (tertiary/aromatic N) is 1. The van der Waals surface area contributed by atoms with Crippen molar-refractivity contribution in [2.75, 3.05) is 13.1 Å². The van der Waals surface area contributed by atoms with Crippen molar-refractivity contribution in [2.45, 2.75) is 37.4 Å². The van der Waals surface area contributed by atoms with Gasteiger partial charge in [-0.15, -0.1) is 0 Å². The lowest BCUT2D eigenvalue weighted by atomic mass is 9.84. The monoisotopic (exact) mass is 527 g/mol. The summed E-state index contributed by atoms with van der Waals surface area (Å²) in [6, 6.07) is 24.5. The number of amides is 2. The predicted molar refractivity (Wildman–Crippen MR) is 148 cm³/mol. The van der Waals surface area contributed by atoms with Gasteiger partial charge in [-0.05, 0) is 29.5 Å². The van der Waals surface area contributed by atoms with Crippen LogP contribution in [0.15, 0.2) is 84.9 Å². The molecule has 3 aromatic rings. The molecule has 0 aliphatic carbocycles. The summed E-state index contributed by atoms with van der Waals surface area (Å²) in [5.74, 6) is -2.12. The maximum absolute atomic E-state index is 14.1. The topological polar surface area (TPSA) is 149 Å². The Morgan fingerprint density at radius 2 is 1.54 bits per heavy atom. The second-order valence-electron chi connectivity index (χ2n) is 9.57. The first-order valence-electron chi connectivity index (χ1n) is 12.9. The third-order valence-electron chi connectivity index (χ3n) is 6.96. The van der Waals surface area contributed by atoms with Crippen LogP contribution in [0.4, 0.5) is 0 Å². The van der Waals surface area contributed by atoms with E-state index in [0.717, 1.165) is 16.7 Å². The molecule has 4 rings (SSSR count). The van der Waals surface area contributed by atoms with Crippen LogP contribution in [0.25, 0.3) is 0 Å². The van der Waals surface area contributed by atoms with Crippen molar-refractivity contribution in [1.82, 2.24) is 15.5 Å². The fraction of sp³-hybridized carbons (Fsp3) is 0.267. The van der Waals surface area contributed by atoms with E-state index >= 15 is 0 Å². The van der Waals surface area contributed by atoms with E-state index in [0.29, 0.717) is 24.9 Å². The molecule has 1 aliphatic heterocycles. The largest absolute Gasteiger partial charge is 0.480 e. The van der Waals surface area contributed by atoms with Crippen LogP contribution in [0.3, 0.4) is 0 Å². The van der Waals surface area contributed by atoms with Crippen LogP contribution in [-0.4, -0.2) is 58.8 Å². The summed E-state index contributed by atoms with van der Waals surface area (Å²) in [6.45, 7) is 0.284. The third-order valence-corrected chi connectivity index (χ3v) is 6.96. The van der Waals surface area contributed by atoms with Gasteiger partial charge in [0.1, 0.15) is 11.9 Å². The minimum atomic E-state index is -1.07. The number of amidine groups is 1. The van der Waals surface area contributed by atoms with Gasteiger partial charge in [-0.1, -0.05) is 84.9 Å². The standard InChI is InChI=1S/C30H33N5O4/c31-28(32)23-15-13-20(14-16-23)18-34-29(38)24-12-7-17-35(24)30(39)27(33-19-25(36)37)26(21-8-3-1-4-9-21)22-10-5-2-6-11-22/h1-6,8-11,13-16,24,26-27,33H,7,12,17-19H2,(H3,31,32)(H,34,38)(H,36,37)/t24-,27?/m0/s1. The number of benzene rings is 3. The summed E-state index contributed by atoms with van der Waals surface area (Å²) in [4.78, 5) is 40.4. The average molecular weight is 528 g/mol. The fourth-order valence-corrected chi connectivity index (χ4v) is 5.03. The quantitative estimate of drug-likeness (QED) is 0.191. The molecule has 2 atom stereocenters. The van der Waals surface area contributed by atoms with E-state index < -0.39 is 30.5 Å². The Bertz CT molecular complexity index is 1260. The van der Waals surface area contributed by atoms with Crippen molar-refractivity contribution in [3.05, 3.63) is 107 Å². The number of aliphatic carboxylic acids is 1. The molecule has 0 spiro atoms. The van der Waals surface area contributed by atoms with Gasteiger partial charge in [0.25, 0.3) is 0 Å². The van der Waals surface area contributed by atoms with Crippen molar-refractivity contribution in [3.63, 3.8) is 0 Å². The van der Waals surface area contributed by atoms with Gasteiger partial charge in [0, 0.05) is 24.6 Å². The maximum atomic E-state index is 14.1. The number of carboxylic acid groups (broad SMARTS) is 1. The van der Waals surface area contributed by atoms with Crippen molar-refractivity contribution in [1.29, 1.82) is 5.41 Å². The van der Waals surface area contributed by atoms with E-state index in [1.807, 2.05) is 60.7 Å². The van der Waals surface area contributed by atoms with Crippen molar-refractivity contribution in [3.8, 4) is 0 Å². The van der Waals surface area contributed by atoms with Crippen molar-refractivity contribution < 1.29 is 19.5 Å². The summed E-state index contributed by atoms with van der Waals surface area (Å²) in [6.07, 6.45) is 1.19. The normalized spacial score (nSPS) is 15.6. The van der Waals surface area contributed by atoms with Crippen LogP contribution < -0.4 is 16.4 Å². The second kappa shape index (κ2) is 12.8. The second-order valence-corrected chi connectivity index (χ2v) is 9.57. The Kier molecular flexibility index (Phi) is 9.06. The molecule has 1 aliphatic rings. The molecule has 0 radical (unpaired) electrons. The first-order valence-corrected chi connectivity index (χ1v) is 12.9. The van der Waals surface area contributed by atoms with E-state index in [9.17, 15) is 19.5 Å². The number of likely N-dealkylation sites (tertiary alicyclic amines) is 1. The molecule has 39 heavy (non-hydrogen) atoms.